The first kappa shape index (κ1) is 16.6. The first-order valence-electron chi connectivity index (χ1n) is 6.13. The van der Waals surface area contributed by atoms with Crippen molar-refractivity contribution in [2.75, 3.05) is 0 Å². The Hall–Kier alpha value is -1.44. The summed E-state index contributed by atoms with van der Waals surface area (Å²) in [5.74, 6) is 1.32. The maximum atomic E-state index is 5.89. The third-order valence-electron chi connectivity index (χ3n) is 1.61. The summed E-state index contributed by atoms with van der Waals surface area (Å²) in [4.78, 5) is 0. The summed E-state index contributed by atoms with van der Waals surface area (Å²) in [7, 11) is 0. The van der Waals surface area contributed by atoms with E-state index in [1.54, 1.807) is 24.3 Å². The summed E-state index contributed by atoms with van der Waals surface area (Å²) < 4.78 is 11.8. The molecule has 0 aromatic rings. The predicted molar refractivity (Wildman–Crippen MR) is 78.2 cm³/mol. The summed E-state index contributed by atoms with van der Waals surface area (Å²) in [5, 5.41) is 0. The van der Waals surface area contributed by atoms with Gasteiger partial charge in [0.2, 0.25) is 0 Å². The Morgan fingerprint density at radius 1 is 0.722 bits per heavy atom. The van der Waals surface area contributed by atoms with Crippen molar-refractivity contribution in [2.24, 2.45) is 0 Å². The van der Waals surface area contributed by atoms with Gasteiger partial charge >= 0.3 is 0 Å². The van der Waals surface area contributed by atoms with Crippen LogP contribution < -0.4 is 0 Å². The van der Waals surface area contributed by atoms with Crippen LogP contribution in [0.2, 0.25) is 0 Å². The zero-order chi connectivity index (χ0) is 14.4. The molecule has 0 aliphatic heterocycles. The number of hydrogen-bond acceptors (Lipinski definition) is 2. The average Bonchev–Trinajstić information content (AvgIpc) is 2.12. The molecule has 0 aromatic carbocycles. The second kappa shape index (κ2) is 6.48. The Bertz CT molecular complexity index is 310. The van der Waals surface area contributed by atoms with Gasteiger partial charge in [0.05, 0.1) is 0 Å². The first-order valence-corrected chi connectivity index (χ1v) is 6.13. The van der Waals surface area contributed by atoms with Gasteiger partial charge in [0, 0.05) is 0 Å². The van der Waals surface area contributed by atoms with E-state index in [1.807, 2.05) is 41.5 Å². The van der Waals surface area contributed by atoms with Gasteiger partial charge in [-0.2, -0.15) is 0 Å². The van der Waals surface area contributed by atoms with Crippen molar-refractivity contribution in [1.82, 2.24) is 0 Å². The second-order valence-electron chi connectivity index (χ2n) is 5.96. The minimum atomic E-state index is -0.295. The minimum absolute atomic E-state index is 0.295. The van der Waals surface area contributed by atoms with E-state index >= 15 is 0 Å². The van der Waals surface area contributed by atoms with Gasteiger partial charge in [-0.25, -0.2) is 0 Å². The fraction of sp³-hybridized carbons (Fsp3) is 0.500. The van der Waals surface area contributed by atoms with Gasteiger partial charge in [0.25, 0.3) is 0 Å². The zero-order valence-electron chi connectivity index (χ0n) is 12.5. The summed E-state index contributed by atoms with van der Waals surface area (Å²) in [5.41, 5.74) is -0.591. The van der Waals surface area contributed by atoms with Crippen molar-refractivity contribution < 1.29 is 9.47 Å². The molecule has 0 saturated carbocycles. The second-order valence-corrected chi connectivity index (χ2v) is 5.96. The number of ether oxygens (including phenoxy) is 2. The highest BCUT2D eigenvalue weighted by Crippen LogP contribution is 2.25. The molecule has 0 spiro atoms. The average molecular weight is 250 g/mol. The Kier molecular flexibility index (Phi) is 5.96. The fourth-order valence-electron chi connectivity index (χ4n) is 1.21. The highest BCUT2D eigenvalue weighted by Gasteiger charge is 2.21. The highest BCUT2D eigenvalue weighted by molar-refractivity contribution is 5.27. The van der Waals surface area contributed by atoms with Crippen molar-refractivity contribution in [2.45, 2.75) is 52.7 Å². The third-order valence-corrected chi connectivity index (χ3v) is 1.61. The lowest BCUT2D eigenvalue weighted by Gasteiger charge is -2.28. The normalized spacial score (nSPS) is 14.1. The number of rotatable bonds is 5. The van der Waals surface area contributed by atoms with Gasteiger partial charge in [-0.3, -0.25) is 0 Å². The zero-order valence-corrected chi connectivity index (χ0v) is 12.5. The standard InChI is InChI=1S/C16H26O2/c1-9-11-13(17-15(3,4)5)14(12-10-2)18-16(6,7)8/h9-12H,1-2H2,3-8H3/b13-11+,14-12+. The molecule has 0 bridgehead atoms. The van der Waals surface area contributed by atoms with Crippen molar-refractivity contribution in [3.63, 3.8) is 0 Å². The Morgan fingerprint density at radius 3 is 1.17 bits per heavy atom. The summed E-state index contributed by atoms with van der Waals surface area (Å²) >= 11 is 0. The molecule has 0 saturated heterocycles. The van der Waals surface area contributed by atoms with Crippen molar-refractivity contribution in [3.8, 4) is 0 Å². The van der Waals surface area contributed by atoms with E-state index in [-0.39, 0.29) is 11.2 Å². The number of hydrogen-bond donors (Lipinski definition) is 0. The van der Waals surface area contributed by atoms with Crippen LogP contribution in [-0.4, -0.2) is 11.2 Å². The topological polar surface area (TPSA) is 18.5 Å². The smallest absolute Gasteiger partial charge is 0.161 e. The van der Waals surface area contributed by atoms with E-state index in [0.29, 0.717) is 11.5 Å². The Labute approximate surface area is 112 Å². The van der Waals surface area contributed by atoms with E-state index in [1.165, 1.54) is 0 Å². The molecule has 0 aliphatic carbocycles. The molecule has 0 atom stereocenters. The minimum Gasteiger partial charge on any atom is -0.484 e. The highest BCUT2D eigenvalue weighted by atomic mass is 16.6. The monoisotopic (exact) mass is 250 g/mol. The first-order chi connectivity index (χ1) is 8.09. The molecule has 2 nitrogen and oxygen atoms in total. The van der Waals surface area contributed by atoms with Crippen LogP contribution >= 0.6 is 0 Å². The van der Waals surface area contributed by atoms with E-state index < -0.39 is 0 Å². The molecule has 0 aromatic heterocycles. The molecular weight excluding hydrogens is 224 g/mol. The van der Waals surface area contributed by atoms with Crippen LogP contribution in [-0.2, 0) is 9.47 Å². The molecule has 0 N–H and O–H groups in total. The van der Waals surface area contributed by atoms with Crippen LogP contribution in [0.15, 0.2) is 49.0 Å². The lowest BCUT2D eigenvalue weighted by molar-refractivity contribution is 0.00543. The van der Waals surface area contributed by atoms with Crippen molar-refractivity contribution in [1.29, 1.82) is 0 Å². The van der Waals surface area contributed by atoms with Crippen LogP contribution in [0.25, 0.3) is 0 Å². The predicted octanol–water partition coefficient (Wildman–Crippen LogP) is 4.76. The van der Waals surface area contributed by atoms with Gasteiger partial charge in [0.15, 0.2) is 11.5 Å². The summed E-state index contributed by atoms with van der Waals surface area (Å²) in [6.45, 7) is 19.4. The lowest BCUT2D eigenvalue weighted by atomic mass is 10.1. The molecule has 0 aliphatic rings. The van der Waals surface area contributed by atoms with Gasteiger partial charge in [-0.15, -0.1) is 0 Å². The summed E-state index contributed by atoms with van der Waals surface area (Å²) in [6.07, 6.45) is 6.96. The molecule has 0 unspecified atom stereocenters. The van der Waals surface area contributed by atoms with Crippen LogP contribution in [0.4, 0.5) is 0 Å². The molecule has 2 heteroatoms. The summed E-state index contributed by atoms with van der Waals surface area (Å²) in [6, 6.07) is 0. The molecule has 0 heterocycles. The van der Waals surface area contributed by atoms with Crippen LogP contribution in [0.5, 0.6) is 0 Å². The lowest BCUT2D eigenvalue weighted by Crippen LogP contribution is -2.24. The van der Waals surface area contributed by atoms with E-state index in [4.69, 9.17) is 9.47 Å². The van der Waals surface area contributed by atoms with Gasteiger partial charge in [-0.05, 0) is 53.7 Å². The van der Waals surface area contributed by atoms with Gasteiger partial charge in [-0.1, -0.05) is 25.3 Å². The van der Waals surface area contributed by atoms with Gasteiger partial charge < -0.3 is 9.47 Å². The molecule has 18 heavy (non-hydrogen) atoms. The fourth-order valence-corrected chi connectivity index (χ4v) is 1.21. The SMILES string of the molecule is C=C/C=C(OC(C)(C)C)\C(=C/C=C)OC(C)(C)C. The van der Waals surface area contributed by atoms with E-state index in [2.05, 4.69) is 13.2 Å². The van der Waals surface area contributed by atoms with E-state index in [0.717, 1.165) is 0 Å². The van der Waals surface area contributed by atoms with Crippen LogP contribution in [0, 0.1) is 0 Å². The number of allylic oxidation sites excluding steroid dienone is 4. The molecule has 0 amide bonds. The quantitative estimate of drug-likeness (QED) is 0.517. The Morgan fingerprint density at radius 2 is 1.00 bits per heavy atom. The third kappa shape index (κ3) is 7.77. The largest absolute Gasteiger partial charge is 0.484 e. The maximum Gasteiger partial charge on any atom is 0.161 e. The molecule has 102 valence electrons. The molecule has 0 fully saturated rings. The molecule has 0 radical (unpaired) electrons. The van der Waals surface area contributed by atoms with Crippen molar-refractivity contribution in [3.05, 3.63) is 49.0 Å². The molecule has 0 rings (SSSR count). The van der Waals surface area contributed by atoms with Gasteiger partial charge in [0.1, 0.15) is 11.2 Å². The van der Waals surface area contributed by atoms with Crippen LogP contribution in [0.3, 0.4) is 0 Å². The van der Waals surface area contributed by atoms with Crippen LogP contribution in [0.1, 0.15) is 41.5 Å². The molecular formula is C16H26O2. The Balaban J connectivity index is 5.27. The maximum absolute atomic E-state index is 5.89. The van der Waals surface area contributed by atoms with E-state index in [9.17, 15) is 0 Å². The van der Waals surface area contributed by atoms with Crippen molar-refractivity contribution >= 4 is 0 Å².